The first-order valence-electron chi connectivity index (χ1n) is 7.89. The smallest absolute Gasteiger partial charge is 0.310 e. The fraction of sp³-hybridized carbons (Fsp3) is 0.750. The average molecular weight is 277 g/mol. The highest BCUT2D eigenvalue weighted by Crippen LogP contribution is 2.36. The maximum Gasteiger partial charge on any atom is 0.310 e. The molecule has 1 N–H and O–H groups in total. The van der Waals surface area contributed by atoms with Gasteiger partial charge in [0.15, 0.2) is 0 Å². The molecule has 0 radical (unpaired) electrons. The largest absolute Gasteiger partial charge is 0.465 e. The molecule has 3 aliphatic rings. The summed E-state index contributed by atoms with van der Waals surface area (Å²) >= 11 is 0. The Balaban J connectivity index is 1.66. The Hall–Kier alpha value is -1.32. The van der Waals surface area contributed by atoms with Crippen LogP contribution in [0.1, 0.15) is 44.9 Å². The number of fused-ring (bicyclic) bond motifs is 1. The molecular formula is C16H23NO3. The first-order valence-corrected chi connectivity index (χ1v) is 7.89. The molecule has 1 amide bonds. The number of allylic oxidation sites excluding steroid dienone is 2. The van der Waals surface area contributed by atoms with Gasteiger partial charge in [0.25, 0.3) is 0 Å². The Morgan fingerprint density at radius 3 is 2.80 bits per heavy atom. The van der Waals surface area contributed by atoms with Crippen LogP contribution in [0.2, 0.25) is 0 Å². The fourth-order valence-corrected chi connectivity index (χ4v) is 3.80. The van der Waals surface area contributed by atoms with E-state index >= 15 is 0 Å². The van der Waals surface area contributed by atoms with Crippen LogP contribution in [0.25, 0.3) is 0 Å². The molecule has 0 spiro atoms. The maximum atomic E-state index is 12.5. The van der Waals surface area contributed by atoms with E-state index in [4.69, 9.17) is 4.74 Å². The highest BCUT2D eigenvalue weighted by molar-refractivity contribution is 5.86. The van der Waals surface area contributed by atoms with Crippen molar-refractivity contribution in [1.82, 2.24) is 5.32 Å². The van der Waals surface area contributed by atoms with Crippen LogP contribution in [-0.2, 0) is 14.3 Å². The Bertz CT molecular complexity index is 412. The Morgan fingerprint density at radius 2 is 2.00 bits per heavy atom. The molecular weight excluding hydrogens is 254 g/mol. The second-order valence-electron chi connectivity index (χ2n) is 6.26. The van der Waals surface area contributed by atoms with Crippen LogP contribution in [0.3, 0.4) is 0 Å². The summed E-state index contributed by atoms with van der Waals surface area (Å²) in [5.74, 6) is -0.450. The molecule has 0 aromatic heterocycles. The molecule has 3 atom stereocenters. The SMILES string of the molecule is O=C(NC1CCCCC1)C1CC=C[C@@H]2CCOC(=O)[C@H]12. The molecule has 4 nitrogen and oxygen atoms in total. The van der Waals surface area contributed by atoms with E-state index < -0.39 is 0 Å². The molecule has 1 saturated carbocycles. The molecule has 1 aliphatic heterocycles. The lowest BCUT2D eigenvalue weighted by atomic mass is 9.73. The van der Waals surface area contributed by atoms with E-state index in [0.717, 1.165) is 19.3 Å². The molecule has 4 heteroatoms. The Morgan fingerprint density at radius 1 is 1.20 bits per heavy atom. The lowest BCUT2D eigenvalue weighted by Gasteiger charge is -2.36. The summed E-state index contributed by atoms with van der Waals surface area (Å²) in [6.07, 6.45) is 11.5. The van der Waals surface area contributed by atoms with Gasteiger partial charge in [-0.05, 0) is 31.6 Å². The number of rotatable bonds is 2. The molecule has 1 saturated heterocycles. The summed E-state index contributed by atoms with van der Waals surface area (Å²) in [6, 6.07) is 0.306. The summed E-state index contributed by atoms with van der Waals surface area (Å²) in [6.45, 7) is 0.487. The van der Waals surface area contributed by atoms with Crippen molar-refractivity contribution in [2.24, 2.45) is 17.8 Å². The minimum atomic E-state index is -0.266. The van der Waals surface area contributed by atoms with Crippen LogP contribution < -0.4 is 5.32 Å². The number of hydrogen-bond acceptors (Lipinski definition) is 3. The third-order valence-corrected chi connectivity index (χ3v) is 4.92. The highest BCUT2D eigenvalue weighted by Gasteiger charge is 2.43. The van der Waals surface area contributed by atoms with Crippen LogP contribution in [0.5, 0.6) is 0 Å². The Kier molecular flexibility index (Phi) is 4.08. The van der Waals surface area contributed by atoms with Crippen molar-refractivity contribution < 1.29 is 14.3 Å². The summed E-state index contributed by atoms with van der Waals surface area (Å²) in [5.41, 5.74) is 0. The first-order chi connectivity index (χ1) is 9.75. The molecule has 20 heavy (non-hydrogen) atoms. The van der Waals surface area contributed by atoms with Gasteiger partial charge in [0.05, 0.1) is 18.4 Å². The van der Waals surface area contributed by atoms with E-state index in [2.05, 4.69) is 17.5 Å². The number of cyclic esters (lactones) is 1. The molecule has 0 bridgehead atoms. The Labute approximate surface area is 119 Å². The van der Waals surface area contributed by atoms with Crippen molar-refractivity contribution >= 4 is 11.9 Å². The predicted molar refractivity (Wildman–Crippen MR) is 74.8 cm³/mol. The maximum absolute atomic E-state index is 12.5. The molecule has 2 aliphatic carbocycles. The van der Waals surface area contributed by atoms with Crippen molar-refractivity contribution in [1.29, 1.82) is 0 Å². The van der Waals surface area contributed by atoms with Crippen molar-refractivity contribution in [3.63, 3.8) is 0 Å². The van der Waals surface area contributed by atoms with E-state index in [1.807, 2.05) is 0 Å². The van der Waals surface area contributed by atoms with Crippen LogP contribution in [0.15, 0.2) is 12.2 Å². The summed E-state index contributed by atoms with van der Waals surface area (Å²) in [4.78, 5) is 24.5. The minimum Gasteiger partial charge on any atom is -0.465 e. The standard InChI is InChI=1S/C16H23NO3/c18-15(17-12-6-2-1-3-7-12)13-8-4-5-11-9-10-20-16(19)14(11)13/h4-5,11-14H,1-3,6-10H2,(H,17,18)/t11-,13?,14+/m1/s1. The van der Waals surface area contributed by atoms with Gasteiger partial charge in [-0.2, -0.15) is 0 Å². The first kappa shape index (κ1) is 13.7. The van der Waals surface area contributed by atoms with Gasteiger partial charge in [-0.1, -0.05) is 31.4 Å². The fourth-order valence-electron chi connectivity index (χ4n) is 3.80. The molecule has 2 fully saturated rings. The highest BCUT2D eigenvalue weighted by atomic mass is 16.5. The predicted octanol–water partition coefficient (Wildman–Crippen LogP) is 2.19. The van der Waals surface area contributed by atoms with Crippen molar-refractivity contribution in [2.75, 3.05) is 6.61 Å². The summed E-state index contributed by atoms with van der Waals surface area (Å²) < 4.78 is 5.16. The lowest BCUT2D eigenvalue weighted by Crippen LogP contribution is -2.48. The van der Waals surface area contributed by atoms with Crippen molar-refractivity contribution in [3.05, 3.63) is 12.2 Å². The van der Waals surface area contributed by atoms with Crippen LogP contribution >= 0.6 is 0 Å². The van der Waals surface area contributed by atoms with Crippen molar-refractivity contribution in [3.8, 4) is 0 Å². The molecule has 1 heterocycles. The number of carbonyl (C=O) groups excluding carboxylic acids is 2. The second-order valence-corrected chi connectivity index (χ2v) is 6.26. The van der Waals surface area contributed by atoms with Gasteiger partial charge in [0, 0.05) is 6.04 Å². The topological polar surface area (TPSA) is 55.4 Å². The third-order valence-electron chi connectivity index (χ3n) is 4.92. The number of esters is 1. The minimum absolute atomic E-state index is 0.0510. The number of carbonyl (C=O) groups is 2. The zero-order valence-corrected chi connectivity index (χ0v) is 11.8. The van der Waals surface area contributed by atoms with Gasteiger partial charge in [-0.15, -0.1) is 0 Å². The summed E-state index contributed by atoms with van der Waals surface area (Å²) in [5, 5.41) is 3.16. The molecule has 0 aromatic carbocycles. The van der Waals surface area contributed by atoms with Gasteiger partial charge in [-0.25, -0.2) is 0 Å². The van der Waals surface area contributed by atoms with Crippen LogP contribution in [0, 0.1) is 17.8 Å². The number of ether oxygens (including phenoxy) is 1. The van der Waals surface area contributed by atoms with Gasteiger partial charge < -0.3 is 10.1 Å². The monoisotopic (exact) mass is 277 g/mol. The quantitative estimate of drug-likeness (QED) is 0.622. The molecule has 110 valence electrons. The normalized spacial score (nSPS) is 34.2. The van der Waals surface area contributed by atoms with E-state index in [0.29, 0.717) is 19.1 Å². The number of amides is 1. The van der Waals surface area contributed by atoms with Crippen LogP contribution in [-0.4, -0.2) is 24.5 Å². The average Bonchev–Trinajstić information content (AvgIpc) is 2.48. The summed E-state index contributed by atoms with van der Waals surface area (Å²) in [7, 11) is 0. The third kappa shape index (κ3) is 2.74. The lowest BCUT2D eigenvalue weighted by molar-refractivity contribution is -0.161. The second kappa shape index (κ2) is 5.98. The van der Waals surface area contributed by atoms with Gasteiger partial charge >= 0.3 is 5.97 Å². The van der Waals surface area contributed by atoms with E-state index in [-0.39, 0.29) is 29.6 Å². The zero-order chi connectivity index (χ0) is 13.9. The van der Waals surface area contributed by atoms with Crippen LogP contribution in [0.4, 0.5) is 0 Å². The number of nitrogens with one attached hydrogen (secondary N) is 1. The van der Waals surface area contributed by atoms with Gasteiger partial charge in [0.2, 0.25) is 5.91 Å². The molecule has 3 rings (SSSR count). The van der Waals surface area contributed by atoms with Gasteiger partial charge in [0.1, 0.15) is 0 Å². The van der Waals surface area contributed by atoms with E-state index in [1.165, 1.54) is 19.3 Å². The van der Waals surface area contributed by atoms with Crippen molar-refractivity contribution in [2.45, 2.75) is 51.0 Å². The zero-order valence-electron chi connectivity index (χ0n) is 11.8. The van der Waals surface area contributed by atoms with E-state index in [9.17, 15) is 9.59 Å². The van der Waals surface area contributed by atoms with E-state index in [1.54, 1.807) is 0 Å². The molecule has 1 unspecified atom stereocenters. The number of hydrogen-bond donors (Lipinski definition) is 1. The molecule has 0 aromatic rings. The van der Waals surface area contributed by atoms with Gasteiger partial charge in [-0.3, -0.25) is 9.59 Å².